The number of benzene rings is 1. The van der Waals surface area contributed by atoms with Crippen LogP contribution in [0.2, 0.25) is 0 Å². The molecule has 1 unspecified atom stereocenters. The number of anilines is 1. The quantitative estimate of drug-likeness (QED) is 0.887. The number of amides is 1. The van der Waals surface area contributed by atoms with Crippen LogP contribution in [0.4, 0.5) is 5.13 Å². The second-order valence-corrected chi connectivity index (χ2v) is 5.32. The van der Waals surface area contributed by atoms with Crippen LogP contribution >= 0.6 is 23.7 Å². The van der Waals surface area contributed by atoms with Crippen LogP contribution < -0.4 is 11.1 Å². The molecule has 1 heterocycles. The molecule has 20 heavy (non-hydrogen) atoms. The Labute approximate surface area is 127 Å². The summed E-state index contributed by atoms with van der Waals surface area (Å²) in [6.45, 7) is 2.33. The lowest BCUT2D eigenvalue weighted by Crippen LogP contribution is -2.28. The van der Waals surface area contributed by atoms with Crippen LogP contribution in [-0.2, 0) is 9.53 Å². The summed E-state index contributed by atoms with van der Waals surface area (Å²) in [6.07, 6.45) is -0.0156. The van der Waals surface area contributed by atoms with Crippen molar-refractivity contribution in [1.29, 1.82) is 0 Å². The summed E-state index contributed by atoms with van der Waals surface area (Å²) in [5, 5.41) is 3.40. The third kappa shape index (κ3) is 3.89. The number of hydrogen-bond acceptors (Lipinski definition) is 5. The van der Waals surface area contributed by atoms with E-state index in [9.17, 15) is 4.79 Å². The molecular weight excluding hydrogens is 298 g/mol. The summed E-state index contributed by atoms with van der Waals surface area (Å²) in [5.74, 6) is -0.131. The van der Waals surface area contributed by atoms with Crippen LogP contribution in [0.3, 0.4) is 0 Å². The number of hydrogen-bond donors (Lipinski definition) is 2. The molecule has 0 aliphatic carbocycles. The summed E-state index contributed by atoms with van der Waals surface area (Å²) >= 11 is 1.47. The highest BCUT2D eigenvalue weighted by atomic mass is 35.5. The average Bonchev–Trinajstić information content (AvgIpc) is 2.79. The molecule has 5 nitrogen and oxygen atoms in total. The number of nitrogens with zero attached hydrogens (tertiary/aromatic N) is 1. The Hall–Kier alpha value is -1.21. The first-order valence-electron chi connectivity index (χ1n) is 6.03. The van der Waals surface area contributed by atoms with Crippen LogP contribution in [0.1, 0.15) is 12.0 Å². The van der Waals surface area contributed by atoms with Gasteiger partial charge in [-0.1, -0.05) is 23.5 Å². The molecule has 2 aromatic rings. The first-order valence-corrected chi connectivity index (χ1v) is 6.84. The van der Waals surface area contributed by atoms with Gasteiger partial charge in [0, 0.05) is 13.7 Å². The van der Waals surface area contributed by atoms with Crippen molar-refractivity contribution in [3.63, 3.8) is 0 Å². The number of carbonyl (C=O) groups is 1. The Balaban J connectivity index is 0.00000200. The van der Waals surface area contributed by atoms with E-state index in [-0.39, 0.29) is 30.8 Å². The predicted molar refractivity (Wildman–Crippen MR) is 84.7 cm³/mol. The van der Waals surface area contributed by atoms with E-state index >= 15 is 0 Å². The summed E-state index contributed by atoms with van der Waals surface area (Å²) < 4.78 is 6.15. The van der Waals surface area contributed by atoms with E-state index in [1.165, 1.54) is 11.3 Å². The number of ether oxygens (including phenoxy) is 1. The highest BCUT2D eigenvalue weighted by Crippen LogP contribution is 2.27. The molecule has 1 amide bonds. The third-order valence-corrected chi connectivity index (χ3v) is 3.81. The maximum atomic E-state index is 11.8. The maximum Gasteiger partial charge on any atom is 0.228 e. The number of methoxy groups -OCH3 is 1. The van der Waals surface area contributed by atoms with Gasteiger partial charge in [0.15, 0.2) is 5.13 Å². The number of para-hydroxylation sites is 1. The van der Waals surface area contributed by atoms with E-state index in [4.69, 9.17) is 10.5 Å². The molecule has 2 rings (SSSR count). The van der Waals surface area contributed by atoms with Crippen molar-refractivity contribution in [3.8, 4) is 0 Å². The maximum absolute atomic E-state index is 11.8. The minimum absolute atomic E-state index is 0. The Morgan fingerprint density at radius 1 is 1.55 bits per heavy atom. The molecule has 3 N–H and O–H groups in total. The zero-order valence-electron chi connectivity index (χ0n) is 11.4. The monoisotopic (exact) mass is 315 g/mol. The van der Waals surface area contributed by atoms with Crippen LogP contribution in [0.15, 0.2) is 18.2 Å². The molecule has 7 heteroatoms. The number of fused-ring (bicyclic) bond motifs is 1. The number of thiazole rings is 1. The zero-order chi connectivity index (χ0) is 13.8. The standard InChI is InChI=1S/C13H17N3O2S.ClH/c1-8-4-3-5-10-12(8)16-13(19-10)15-11(17)6-9(7-14)18-2;/h3-5,9H,6-7,14H2,1-2H3,(H,15,16,17);1H. The Morgan fingerprint density at radius 3 is 2.90 bits per heavy atom. The van der Waals surface area contributed by atoms with Gasteiger partial charge < -0.3 is 15.8 Å². The van der Waals surface area contributed by atoms with E-state index in [2.05, 4.69) is 10.3 Å². The topological polar surface area (TPSA) is 77.2 Å². The molecule has 0 spiro atoms. The Morgan fingerprint density at radius 2 is 2.30 bits per heavy atom. The highest BCUT2D eigenvalue weighted by Gasteiger charge is 2.13. The fraction of sp³-hybridized carbons (Fsp3) is 0.385. The van der Waals surface area contributed by atoms with Gasteiger partial charge in [-0.3, -0.25) is 4.79 Å². The lowest BCUT2D eigenvalue weighted by atomic mass is 10.2. The van der Waals surface area contributed by atoms with Crippen molar-refractivity contribution in [3.05, 3.63) is 23.8 Å². The molecule has 1 aromatic heterocycles. The van der Waals surface area contributed by atoms with E-state index in [0.717, 1.165) is 15.8 Å². The molecule has 0 aliphatic heterocycles. The summed E-state index contributed by atoms with van der Waals surface area (Å²) in [4.78, 5) is 16.2. The molecule has 0 saturated carbocycles. The molecule has 0 bridgehead atoms. The van der Waals surface area contributed by atoms with Gasteiger partial charge in [-0.15, -0.1) is 12.4 Å². The number of nitrogens with one attached hydrogen (secondary N) is 1. The number of nitrogens with two attached hydrogens (primary N) is 1. The van der Waals surface area contributed by atoms with Crippen LogP contribution in [0.5, 0.6) is 0 Å². The van der Waals surface area contributed by atoms with Crippen molar-refractivity contribution in [2.45, 2.75) is 19.4 Å². The van der Waals surface area contributed by atoms with Gasteiger partial charge in [-0.05, 0) is 18.6 Å². The molecule has 110 valence electrons. The molecule has 0 saturated heterocycles. The van der Waals surface area contributed by atoms with Crippen molar-refractivity contribution < 1.29 is 9.53 Å². The lowest BCUT2D eigenvalue weighted by molar-refractivity contribution is -0.118. The second-order valence-electron chi connectivity index (χ2n) is 4.29. The van der Waals surface area contributed by atoms with Gasteiger partial charge in [0.1, 0.15) is 0 Å². The fourth-order valence-corrected chi connectivity index (χ4v) is 2.74. The van der Waals surface area contributed by atoms with Gasteiger partial charge in [0.2, 0.25) is 5.91 Å². The number of carbonyl (C=O) groups excluding carboxylic acids is 1. The van der Waals surface area contributed by atoms with E-state index in [0.29, 0.717) is 11.7 Å². The van der Waals surface area contributed by atoms with Gasteiger partial charge >= 0.3 is 0 Å². The highest BCUT2D eigenvalue weighted by molar-refractivity contribution is 7.22. The number of rotatable bonds is 5. The molecule has 0 fully saturated rings. The van der Waals surface area contributed by atoms with Gasteiger partial charge in [0.05, 0.1) is 22.7 Å². The molecule has 1 aromatic carbocycles. The number of aryl methyl sites for hydroxylation is 1. The van der Waals surface area contributed by atoms with E-state index in [1.807, 2.05) is 25.1 Å². The molecular formula is C13H18ClN3O2S. The fourth-order valence-electron chi connectivity index (χ4n) is 1.78. The molecule has 0 radical (unpaired) electrons. The zero-order valence-corrected chi connectivity index (χ0v) is 13.0. The van der Waals surface area contributed by atoms with Gasteiger partial charge in [-0.25, -0.2) is 4.98 Å². The summed E-state index contributed by atoms with van der Waals surface area (Å²) in [5.41, 5.74) is 7.53. The summed E-state index contributed by atoms with van der Waals surface area (Å²) in [6, 6.07) is 5.98. The van der Waals surface area contributed by atoms with Gasteiger partial charge in [-0.2, -0.15) is 0 Å². The second kappa shape index (κ2) is 7.54. The van der Waals surface area contributed by atoms with Crippen LogP contribution in [0.25, 0.3) is 10.2 Å². The smallest absolute Gasteiger partial charge is 0.228 e. The SMILES string of the molecule is COC(CN)CC(=O)Nc1nc2c(C)cccc2s1.Cl. The summed E-state index contributed by atoms with van der Waals surface area (Å²) in [7, 11) is 1.55. The van der Waals surface area contributed by atoms with Crippen LogP contribution in [0, 0.1) is 6.92 Å². The normalized spacial score (nSPS) is 11.9. The average molecular weight is 316 g/mol. The van der Waals surface area contributed by atoms with Crippen molar-refractivity contribution >= 4 is 45.0 Å². The Kier molecular flexibility index (Phi) is 6.35. The minimum atomic E-state index is -0.254. The molecule has 1 atom stereocenters. The lowest BCUT2D eigenvalue weighted by Gasteiger charge is -2.11. The molecule has 0 aliphatic rings. The first kappa shape index (κ1) is 16.8. The Bertz CT molecular complexity index is 584. The van der Waals surface area contributed by atoms with E-state index in [1.54, 1.807) is 7.11 Å². The minimum Gasteiger partial charge on any atom is -0.380 e. The number of aromatic nitrogens is 1. The van der Waals surface area contributed by atoms with Crippen molar-refractivity contribution in [2.75, 3.05) is 19.0 Å². The van der Waals surface area contributed by atoms with E-state index < -0.39 is 0 Å². The largest absolute Gasteiger partial charge is 0.380 e. The third-order valence-electron chi connectivity index (χ3n) is 2.88. The van der Waals surface area contributed by atoms with Crippen molar-refractivity contribution in [1.82, 2.24) is 4.98 Å². The predicted octanol–water partition coefficient (Wildman–Crippen LogP) is 2.33. The van der Waals surface area contributed by atoms with Crippen LogP contribution in [-0.4, -0.2) is 30.6 Å². The van der Waals surface area contributed by atoms with Gasteiger partial charge in [0.25, 0.3) is 0 Å². The first-order chi connectivity index (χ1) is 9.13. The number of halogens is 1. The van der Waals surface area contributed by atoms with Crippen molar-refractivity contribution in [2.24, 2.45) is 5.73 Å².